The number of methoxy groups -OCH3 is 1. The summed E-state index contributed by atoms with van der Waals surface area (Å²) in [5.41, 5.74) is 1.26. The van der Waals surface area contributed by atoms with Gasteiger partial charge in [0.15, 0.2) is 0 Å². The first kappa shape index (κ1) is 16.5. The lowest BCUT2D eigenvalue weighted by molar-refractivity contribution is -0.134. The van der Waals surface area contributed by atoms with E-state index in [1.807, 2.05) is 4.90 Å². The maximum absolute atomic E-state index is 12.6. The van der Waals surface area contributed by atoms with E-state index in [2.05, 4.69) is 18.4 Å². The fraction of sp³-hybridized carbons (Fsp3) is 0.688. The van der Waals surface area contributed by atoms with Crippen LogP contribution in [0.2, 0.25) is 0 Å². The van der Waals surface area contributed by atoms with Crippen molar-refractivity contribution in [3.05, 3.63) is 21.9 Å². The highest BCUT2D eigenvalue weighted by Crippen LogP contribution is 2.21. The van der Waals surface area contributed by atoms with Crippen molar-refractivity contribution in [3.8, 4) is 0 Å². The van der Waals surface area contributed by atoms with Crippen molar-refractivity contribution < 1.29 is 14.3 Å². The van der Waals surface area contributed by atoms with Crippen molar-refractivity contribution in [2.75, 3.05) is 33.5 Å². The Labute approximate surface area is 131 Å². The second-order valence-electron chi connectivity index (χ2n) is 5.62. The predicted octanol–water partition coefficient (Wildman–Crippen LogP) is 2.85. The number of thiophene rings is 1. The van der Waals surface area contributed by atoms with Crippen LogP contribution in [0.4, 0.5) is 0 Å². The van der Waals surface area contributed by atoms with E-state index < -0.39 is 0 Å². The molecule has 1 aromatic heterocycles. The number of hydrogen-bond acceptors (Lipinski definition) is 4. The zero-order chi connectivity index (χ0) is 15.1. The molecule has 0 bridgehead atoms. The fourth-order valence-corrected chi connectivity index (χ4v) is 3.50. The molecule has 0 saturated carbocycles. The summed E-state index contributed by atoms with van der Waals surface area (Å²) >= 11 is 1.72. The molecule has 0 aliphatic carbocycles. The number of hydrogen-bond donors (Lipinski definition) is 0. The highest BCUT2D eigenvalue weighted by atomic mass is 32.1. The third-order valence-corrected chi connectivity index (χ3v) is 4.95. The lowest BCUT2D eigenvalue weighted by atomic mass is 9.98. The Bertz CT molecular complexity index is 440. The van der Waals surface area contributed by atoms with Crippen molar-refractivity contribution >= 4 is 17.2 Å². The summed E-state index contributed by atoms with van der Waals surface area (Å²) < 4.78 is 10.6. The van der Waals surface area contributed by atoms with Crippen molar-refractivity contribution in [1.82, 2.24) is 4.90 Å². The van der Waals surface area contributed by atoms with Crippen LogP contribution in [-0.2, 0) is 20.8 Å². The molecule has 0 unspecified atom stereocenters. The van der Waals surface area contributed by atoms with E-state index in [-0.39, 0.29) is 5.91 Å². The topological polar surface area (TPSA) is 38.8 Å². The van der Waals surface area contributed by atoms with Gasteiger partial charge in [-0.1, -0.05) is 0 Å². The van der Waals surface area contributed by atoms with E-state index in [1.165, 1.54) is 10.4 Å². The Hall–Kier alpha value is -0.910. The first-order valence-electron chi connectivity index (χ1n) is 7.58. The molecule has 4 nitrogen and oxygen atoms in total. The lowest BCUT2D eigenvalue weighted by Crippen LogP contribution is -2.35. The average Bonchev–Trinajstić information content (AvgIpc) is 2.89. The summed E-state index contributed by atoms with van der Waals surface area (Å²) in [5, 5.41) is 2.08. The first-order chi connectivity index (χ1) is 10.2. The minimum absolute atomic E-state index is 0.218. The second-order valence-corrected chi connectivity index (χ2v) is 6.62. The number of carbonyl (C=O) groups excluding carboxylic acids is 1. The van der Waals surface area contributed by atoms with Gasteiger partial charge in [-0.3, -0.25) is 4.79 Å². The molecule has 1 aromatic rings. The van der Waals surface area contributed by atoms with Crippen LogP contribution in [0.1, 0.15) is 29.7 Å². The Balaban J connectivity index is 1.93. The third-order valence-electron chi connectivity index (χ3n) is 3.94. The van der Waals surface area contributed by atoms with Crippen molar-refractivity contribution in [2.45, 2.75) is 32.7 Å². The normalized spacial score (nSPS) is 18.7. The fourth-order valence-electron chi connectivity index (χ4n) is 2.58. The van der Waals surface area contributed by atoms with E-state index >= 15 is 0 Å². The van der Waals surface area contributed by atoms with Crippen molar-refractivity contribution in [2.24, 2.45) is 5.92 Å². The number of carbonyl (C=O) groups is 1. The lowest BCUT2D eigenvalue weighted by Gasteiger charge is -2.27. The number of rotatable bonds is 7. The molecule has 1 amide bonds. The Morgan fingerprint density at radius 1 is 1.57 bits per heavy atom. The molecule has 1 saturated heterocycles. The van der Waals surface area contributed by atoms with Gasteiger partial charge in [-0.25, -0.2) is 0 Å². The first-order valence-corrected chi connectivity index (χ1v) is 8.46. The number of nitrogens with zero attached hydrogens (tertiary/aromatic N) is 1. The minimum Gasteiger partial charge on any atom is -0.383 e. The van der Waals surface area contributed by atoms with Gasteiger partial charge in [-0.15, -0.1) is 11.3 Å². The van der Waals surface area contributed by atoms with Crippen LogP contribution in [-0.4, -0.2) is 44.3 Å². The van der Waals surface area contributed by atoms with Crippen LogP contribution in [0.15, 0.2) is 11.4 Å². The van der Waals surface area contributed by atoms with Crippen LogP contribution in [0, 0.1) is 12.8 Å². The molecular formula is C16H25NO3S. The predicted molar refractivity (Wildman–Crippen MR) is 84.5 cm³/mol. The highest BCUT2D eigenvalue weighted by Gasteiger charge is 2.22. The quantitative estimate of drug-likeness (QED) is 0.777. The van der Waals surface area contributed by atoms with Crippen LogP contribution in [0.5, 0.6) is 0 Å². The summed E-state index contributed by atoms with van der Waals surface area (Å²) in [4.78, 5) is 15.8. The molecule has 0 N–H and O–H groups in total. The molecule has 1 fully saturated rings. The number of amides is 1. The van der Waals surface area contributed by atoms with Crippen molar-refractivity contribution in [3.63, 3.8) is 0 Å². The van der Waals surface area contributed by atoms with E-state index in [9.17, 15) is 4.79 Å². The maximum atomic E-state index is 12.6. The zero-order valence-corrected chi connectivity index (χ0v) is 13.8. The SMILES string of the molecule is COCCN(Cc1sccc1C)C(=O)C[C@H]1CCCOC1. The molecule has 2 rings (SSSR count). The molecule has 21 heavy (non-hydrogen) atoms. The molecule has 1 aliphatic rings. The second kappa shape index (κ2) is 8.51. The molecular weight excluding hydrogens is 286 g/mol. The van der Waals surface area contributed by atoms with Gasteiger partial charge in [-0.05, 0) is 42.7 Å². The van der Waals surface area contributed by atoms with Gasteiger partial charge in [0, 0.05) is 38.2 Å². The summed E-state index contributed by atoms with van der Waals surface area (Å²) in [6.07, 6.45) is 2.76. The van der Waals surface area contributed by atoms with Crippen molar-refractivity contribution in [1.29, 1.82) is 0 Å². The Morgan fingerprint density at radius 2 is 2.43 bits per heavy atom. The summed E-state index contributed by atoms with van der Waals surface area (Å²) in [7, 11) is 1.67. The van der Waals surface area contributed by atoms with E-state index in [1.54, 1.807) is 18.4 Å². The van der Waals surface area contributed by atoms with Crippen LogP contribution >= 0.6 is 11.3 Å². The standard InChI is InChI=1S/C16H25NO3S/c1-13-5-9-21-15(13)11-17(6-8-19-2)16(18)10-14-4-3-7-20-12-14/h5,9,14H,3-4,6-8,10-12H2,1-2H3/t14-/m1/s1. The van der Waals surface area contributed by atoms with Gasteiger partial charge < -0.3 is 14.4 Å². The van der Waals surface area contributed by atoms with Crippen LogP contribution in [0.25, 0.3) is 0 Å². The molecule has 0 radical (unpaired) electrons. The van der Waals surface area contributed by atoms with Gasteiger partial charge in [0.2, 0.25) is 5.91 Å². The van der Waals surface area contributed by atoms with Gasteiger partial charge in [0.05, 0.1) is 13.2 Å². The van der Waals surface area contributed by atoms with Gasteiger partial charge >= 0.3 is 0 Å². The molecule has 118 valence electrons. The molecule has 0 spiro atoms. The van der Waals surface area contributed by atoms with Crippen LogP contribution < -0.4 is 0 Å². The Kier molecular flexibility index (Phi) is 6.67. The summed E-state index contributed by atoms with van der Waals surface area (Å²) in [6, 6.07) is 2.11. The highest BCUT2D eigenvalue weighted by molar-refractivity contribution is 7.10. The number of aryl methyl sites for hydroxylation is 1. The smallest absolute Gasteiger partial charge is 0.223 e. The van der Waals surface area contributed by atoms with Gasteiger partial charge in [0.1, 0.15) is 0 Å². The molecule has 1 atom stereocenters. The number of ether oxygens (including phenoxy) is 2. The molecule has 0 aromatic carbocycles. The van der Waals surface area contributed by atoms with E-state index in [4.69, 9.17) is 9.47 Å². The summed E-state index contributed by atoms with van der Waals surface area (Å²) in [6.45, 7) is 5.59. The molecule has 2 heterocycles. The Morgan fingerprint density at radius 3 is 3.05 bits per heavy atom. The zero-order valence-electron chi connectivity index (χ0n) is 13.0. The minimum atomic E-state index is 0.218. The largest absolute Gasteiger partial charge is 0.383 e. The molecule has 5 heteroatoms. The van der Waals surface area contributed by atoms with E-state index in [0.29, 0.717) is 32.0 Å². The van der Waals surface area contributed by atoms with Gasteiger partial charge in [0.25, 0.3) is 0 Å². The monoisotopic (exact) mass is 311 g/mol. The average molecular weight is 311 g/mol. The molecule has 1 aliphatic heterocycles. The van der Waals surface area contributed by atoms with Gasteiger partial charge in [-0.2, -0.15) is 0 Å². The third kappa shape index (κ3) is 5.09. The van der Waals surface area contributed by atoms with E-state index in [0.717, 1.165) is 26.1 Å². The summed E-state index contributed by atoms with van der Waals surface area (Å²) in [5.74, 6) is 0.594. The maximum Gasteiger partial charge on any atom is 0.223 e. The van der Waals surface area contributed by atoms with Crippen LogP contribution in [0.3, 0.4) is 0 Å².